The molecule has 0 aromatic heterocycles. The van der Waals surface area contributed by atoms with Crippen LogP contribution in [0.5, 0.6) is 11.5 Å². The molecule has 0 aliphatic carbocycles. The van der Waals surface area contributed by atoms with Gasteiger partial charge in [-0.2, -0.15) is 0 Å². The number of amides is 1. The van der Waals surface area contributed by atoms with E-state index in [0.717, 1.165) is 18.8 Å². The van der Waals surface area contributed by atoms with E-state index >= 15 is 0 Å². The largest absolute Gasteiger partial charge is 0.486 e. The van der Waals surface area contributed by atoms with Crippen LogP contribution in [-0.2, 0) is 0 Å². The number of anilines is 2. The number of nitrogens with one attached hydrogen (secondary N) is 1. The Morgan fingerprint density at radius 1 is 0.846 bits per heavy atom. The molecule has 2 aromatic rings. The van der Waals surface area contributed by atoms with Crippen LogP contribution in [0.15, 0.2) is 42.5 Å². The Hall–Kier alpha value is -2.69. The maximum Gasteiger partial charge on any atom is 0.255 e. The van der Waals surface area contributed by atoms with Crippen LogP contribution in [0, 0.1) is 0 Å². The van der Waals surface area contributed by atoms with E-state index in [4.69, 9.17) is 9.47 Å². The predicted octanol–water partition coefficient (Wildman–Crippen LogP) is 4.09. The van der Waals surface area contributed by atoms with Gasteiger partial charge in [0.05, 0.1) is 0 Å². The predicted molar refractivity (Wildman–Crippen MR) is 103 cm³/mol. The summed E-state index contributed by atoms with van der Waals surface area (Å²) in [5.74, 6) is 1.17. The van der Waals surface area contributed by atoms with Crippen molar-refractivity contribution in [2.75, 3.05) is 36.5 Å². The maximum atomic E-state index is 12.5. The molecule has 2 aliphatic rings. The molecule has 1 fully saturated rings. The van der Waals surface area contributed by atoms with Gasteiger partial charge in [-0.3, -0.25) is 4.79 Å². The number of rotatable bonds is 3. The number of ether oxygens (including phenoxy) is 2. The van der Waals surface area contributed by atoms with Gasteiger partial charge in [-0.1, -0.05) is 12.8 Å². The molecule has 0 spiro atoms. The van der Waals surface area contributed by atoms with E-state index in [2.05, 4.69) is 22.3 Å². The van der Waals surface area contributed by atoms with Crippen molar-refractivity contribution in [3.05, 3.63) is 48.0 Å². The van der Waals surface area contributed by atoms with Crippen LogP contribution < -0.4 is 19.7 Å². The minimum atomic E-state index is -0.149. The van der Waals surface area contributed by atoms with Crippen LogP contribution in [0.4, 0.5) is 11.4 Å². The summed E-state index contributed by atoms with van der Waals surface area (Å²) < 4.78 is 11.0. The molecule has 2 heterocycles. The zero-order chi connectivity index (χ0) is 17.8. The van der Waals surface area contributed by atoms with Crippen molar-refractivity contribution in [2.24, 2.45) is 0 Å². The van der Waals surface area contributed by atoms with Gasteiger partial charge in [-0.15, -0.1) is 0 Å². The van der Waals surface area contributed by atoms with Crippen molar-refractivity contribution in [3.8, 4) is 11.5 Å². The number of nitrogens with zero attached hydrogens (tertiary/aromatic N) is 1. The third-order valence-electron chi connectivity index (χ3n) is 4.90. The van der Waals surface area contributed by atoms with Crippen LogP contribution in [0.1, 0.15) is 36.0 Å². The monoisotopic (exact) mass is 352 g/mol. The molecule has 136 valence electrons. The fraction of sp³-hybridized carbons (Fsp3) is 0.381. The van der Waals surface area contributed by atoms with Crippen LogP contribution in [0.2, 0.25) is 0 Å². The lowest BCUT2D eigenvalue weighted by Gasteiger charge is -2.22. The van der Waals surface area contributed by atoms with Crippen molar-refractivity contribution < 1.29 is 14.3 Å². The van der Waals surface area contributed by atoms with Gasteiger partial charge in [0.2, 0.25) is 0 Å². The van der Waals surface area contributed by atoms with Crippen molar-refractivity contribution in [2.45, 2.75) is 25.7 Å². The van der Waals surface area contributed by atoms with Crippen molar-refractivity contribution in [1.82, 2.24) is 0 Å². The standard InChI is InChI=1S/C21H24N2O3/c24-21(16-5-10-19-20(15-16)26-14-13-25-19)22-17-6-8-18(9-7-17)23-11-3-1-2-4-12-23/h5-10,15H,1-4,11-14H2,(H,22,24). The Kier molecular flexibility index (Phi) is 4.95. The fourth-order valence-corrected chi connectivity index (χ4v) is 3.47. The van der Waals surface area contributed by atoms with E-state index < -0.39 is 0 Å². The van der Waals surface area contributed by atoms with E-state index in [1.165, 1.54) is 31.4 Å². The summed E-state index contributed by atoms with van der Waals surface area (Å²) in [6.45, 7) is 3.28. The second-order valence-corrected chi connectivity index (χ2v) is 6.76. The number of hydrogen-bond donors (Lipinski definition) is 1. The van der Waals surface area contributed by atoms with Gasteiger partial charge >= 0.3 is 0 Å². The van der Waals surface area contributed by atoms with Gasteiger partial charge in [0.25, 0.3) is 5.91 Å². The first-order valence-corrected chi connectivity index (χ1v) is 9.36. The first-order chi connectivity index (χ1) is 12.8. The smallest absolute Gasteiger partial charge is 0.255 e. The van der Waals surface area contributed by atoms with E-state index in [-0.39, 0.29) is 5.91 Å². The first-order valence-electron chi connectivity index (χ1n) is 9.36. The molecule has 26 heavy (non-hydrogen) atoms. The molecule has 1 amide bonds. The van der Waals surface area contributed by atoms with Crippen LogP contribution in [0.25, 0.3) is 0 Å². The second-order valence-electron chi connectivity index (χ2n) is 6.76. The number of fused-ring (bicyclic) bond motifs is 1. The molecule has 2 aromatic carbocycles. The quantitative estimate of drug-likeness (QED) is 0.904. The van der Waals surface area contributed by atoms with Crippen molar-refractivity contribution >= 4 is 17.3 Å². The zero-order valence-corrected chi connectivity index (χ0v) is 14.9. The SMILES string of the molecule is O=C(Nc1ccc(N2CCCCCC2)cc1)c1ccc2c(c1)OCCO2. The van der Waals surface area contributed by atoms with Gasteiger partial charge in [-0.25, -0.2) is 0 Å². The molecule has 5 nitrogen and oxygen atoms in total. The number of carbonyl (C=O) groups excluding carboxylic acids is 1. The Balaban J connectivity index is 1.42. The average Bonchev–Trinajstić information content (AvgIpc) is 2.98. The Labute approximate surface area is 153 Å². The third-order valence-corrected chi connectivity index (χ3v) is 4.90. The maximum absolute atomic E-state index is 12.5. The lowest BCUT2D eigenvalue weighted by Crippen LogP contribution is -2.23. The third kappa shape index (κ3) is 3.77. The highest BCUT2D eigenvalue weighted by Gasteiger charge is 2.15. The van der Waals surface area contributed by atoms with E-state index in [0.29, 0.717) is 30.3 Å². The Morgan fingerprint density at radius 2 is 1.54 bits per heavy atom. The summed E-state index contributed by atoms with van der Waals surface area (Å²) in [6.07, 6.45) is 5.14. The van der Waals surface area contributed by atoms with E-state index in [1.54, 1.807) is 18.2 Å². The second kappa shape index (κ2) is 7.68. The minimum absolute atomic E-state index is 0.149. The van der Waals surface area contributed by atoms with Gasteiger partial charge in [0.15, 0.2) is 11.5 Å². The van der Waals surface area contributed by atoms with Crippen molar-refractivity contribution in [1.29, 1.82) is 0 Å². The summed E-state index contributed by atoms with van der Waals surface area (Å²) in [5, 5.41) is 2.95. The fourth-order valence-electron chi connectivity index (χ4n) is 3.47. The Bertz CT molecular complexity index is 765. The lowest BCUT2D eigenvalue weighted by atomic mass is 10.1. The number of benzene rings is 2. The summed E-state index contributed by atoms with van der Waals surface area (Å²) in [4.78, 5) is 14.9. The van der Waals surface area contributed by atoms with Gasteiger partial charge < -0.3 is 19.7 Å². The van der Waals surface area contributed by atoms with Gasteiger partial charge in [0.1, 0.15) is 13.2 Å². The molecule has 0 atom stereocenters. The molecule has 1 N–H and O–H groups in total. The topological polar surface area (TPSA) is 50.8 Å². The van der Waals surface area contributed by atoms with Crippen molar-refractivity contribution in [3.63, 3.8) is 0 Å². The highest BCUT2D eigenvalue weighted by Crippen LogP contribution is 2.31. The molecule has 0 unspecified atom stereocenters. The minimum Gasteiger partial charge on any atom is -0.486 e. The summed E-state index contributed by atoms with van der Waals surface area (Å²) >= 11 is 0. The normalized spacial score (nSPS) is 16.7. The van der Waals surface area contributed by atoms with E-state index in [1.807, 2.05) is 12.1 Å². The molecule has 2 aliphatic heterocycles. The highest BCUT2D eigenvalue weighted by atomic mass is 16.6. The molecular weight excluding hydrogens is 328 g/mol. The molecule has 0 saturated carbocycles. The van der Waals surface area contributed by atoms with Crippen LogP contribution in [0.3, 0.4) is 0 Å². The first kappa shape index (κ1) is 16.8. The van der Waals surface area contributed by atoms with Crippen LogP contribution >= 0.6 is 0 Å². The number of hydrogen-bond acceptors (Lipinski definition) is 4. The van der Waals surface area contributed by atoms with Gasteiger partial charge in [0, 0.05) is 30.0 Å². The number of carbonyl (C=O) groups is 1. The summed E-state index contributed by atoms with van der Waals surface area (Å²) in [7, 11) is 0. The molecule has 0 bridgehead atoms. The molecule has 4 rings (SSSR count). The highest BCUT2D eigenvalue weighted by molar-refractivity contribution is 6.04. The summed E-state index contributed by atoms with van der Waals surface area (Å²) in [6, 6.07) is 13.4. The Morgan fingerprint density at radius 3 is 2.27 bits per heavy atom. The van der Waals surface area contributed by atoms with Gasteiger partial charge in [-0.05, 0) is 55.3 Å². The zero-order valence-electron chi connectivity index (χ0n) is 14.9. The molecule has 1 saturated heterocycles. The van der Waals surface area contributed by atoms with E-state index in [9.17, 15) is 4.79 Å². The van der Waals surface area contributed by atoms with Crippen LogP contribution in [-0.4, -0.2) is 32.2 Å². The molecule has 0 radical (unpaired) electrons. The molecular formula is C21H24N2O3. The average molecular weight is 352 g/mol. The summed E-state index contributed by atoms with van der Waals surface area (Å²) in [5.41, 5.74) is 2.58. The molecule has 5 heteroatoms. The lowest BCUT2D eigenvalue weighted by molar-refractivity contribution is 0.102.